The van der Waals surface area contributed by atoms with Gasteiger partial charge in [0.1, 0.15) is 10.5 Å². The number of hydrogen-bond donors (Lipinski definition) is 0. The van der Waals surface area contributed by atoms with Gasteiger partial charge in [0.15, 0.2) is 0 Å². The Hall–Kier alpha value is 0.0969. The van der Waals surface area contributed by atoms with Crippen LogP contribution in [-0.2, 0) is 9.16 Å². The molecule has 0 rings (SSSR count). The van der Waals surface area contributed by atoms with E-state index in [4.69, 9.17) is 4.43 Å². The zero-order valence-electron chi connectivity index (χ0n) is 4.73. The van der Waals surface area contributed by atoms with Gasteiger partial charge in [-0.3, -0.25) is 0 Å². The summed E-state index contributed by atoms with van der Waals surface area (Å²) >= 11 is 0. The van der Waals surface area contributed by atoms with Crippen molar-refractivity contribution in [2.75, 3.05) is 20.3 Å². The second-order valence-electron chi connectivity index (χ2n) is 0.986. The summed E-state index contributed by atoms with van der Waals surface area (Å²) in [5.41, 5.74) is 0. The summed E-state index contributed by atoms with van der Waals surface area (Å²) in [4.78, 5) is 0. The molecule has 3 nitrogen and oxygen atoms in total. The Balaban J connectivity index is 0. The third kappa shape index (κ3) is 10.7. The van der Waals surface area contributed by atoms with Crippen LogP contribution in [0.3, 0.4) is 0 Å². The number of methoxy groups -OCH3 is 1. The molecule has 0 aliphatic carbocycles. The Bertz CT molecular complexity index is 22.1. The topological polar surface area (TPSA) is 50.0 Å². The lowest BCUT2D eigenvalue weighted by Gasteiger charge is -1.92. The third-order valence-electron chi connectivity index (χ3n) is 0.492. The Labute approximate surface area is 46.5 Å². The van der Waals surface area contributed by atoms with Crippen LogP contribution in [0.2, 0.25) is 0 Å². The molecule has 0 bridgehead atoms. The zero-order valence-corrected chi connectivity index (χ0v) is 6.73. The number of rotatable bonds is 3. The van der Waals surface area contributed by atoms with Crippen LogP contribution in [0.25, 0.3) is 0 Å². The molecular formula is C3H12O3Si. The molecule has 0 spiro atoms. The minimum atomic E-state index is 0. The van der Waals surface area contributed by atoms with E-state index in [1.807, 2.05) is 0 Å². The Kier molecular flexibility index (Phi) is 13.7. The van der Waals surface area contributed by atoms with Gasteiger partial charge in [0, 0.05) is 7.11 Å². The summed E-state index contributed by atoms with van der Waals surface area (Å²) in [5, 5.41) is 0. The molecule has 0 radical (unpaired) electrons. The SMILES string of the molecule is COCCO[SiH3].O. The van der Waals surface area contributed by atoms with E-state index < -0.39 is 0 Å². The highest BCUT2D eigenvalue weighted by molar-refractivity contribution is 5.97. The fourth-order valence-electron chi connectivity index (χ4n) is 0.167. The maximum absolute atomic E-state index is 4.80. The molecule has 46 valence electrons. The lowest BCUT2D eigenvalue weighted by molar-refractivity contribution is 0.152. The molecule has 0 aromatic carbocycles. The maximum atomic E-state index is 4.80. The molecule has 0 saturated heterocycles. The van der Waals surface area contributed by atoms with E-state index in [0.29, 0.717) is 0 Å². The van der Waals surface area contributed by atoms with Crippen LogP contribution in [0.4, 0.5) is 0 Å². The van der Waals surface area contributed by atoms with Crippen molar-refractivity contribution in [3.8, 4) is 0 Å². The van der Waals surface area contributed by atoms with E-state index in [1.165, 1.54) is 0 Å². The van der Waals surface area contributed by atoms with Crippen LogP contribution in [0.15, 0.2) is 0 Å². The standard InChI is InChI=1S/C3H10O2Si.H2O/c1-4-2-3-5-6;/h2-3H2,1,6H3;1H2. The molecule has 0 amide bonds. The molecular weight excluding hydrogens is 112 g/mol. The normalized spacial score (nSPS) is 8.14. The first-order valence-electron chi connectivity index (χ1n) is 1.89. The maximum Gasteiger partial charge on any atom is 0.146 e. The molecule has 0 heterocycles. The van der Waals surface area contributed by atoms with Crippen molar-refractivity contribution in [2.24, 2.45) is 0 Å². The monoisotopic (exact) mass is 124 g/mol. The number of hydrogen-bond acceptors (Lipinski definition) is 2. The minimum absolute atomic E-state index is 0. The second-order valence-corrected chi connectivity index (χ2v) is 1.56. The van der Waals surface area contributed by atoms with Crippen LogP contribution >= 0.6 is 0 Å². The van der Waals surface area contributed by atoms with Crippen LogP contribution in [0, 0.1) is 0 Å². The van der Waals surface area contributed by atoms with Gasteiger partial charge in [0.25, 0.3) is 0 Å². The highest BCUT2D eigenvalue weighted by Crippen LogP contribution is 1.64. The summed E-state index contributed by atoms with van der Waals surface area (Å²) in [6.07, 6.45) is 0. The van der Waals surface area contributed by atoms with Crippen molar-refractivity contribution in [2.45, 2.75) is 0 Å². The average Bonchev–Trinajstić information content (AvgIpc) is 1.61. The molecule has 0 atom stereocenters. The highest BCUT2D eigenvalue weighted by Gasteiger charge is 1.73. The van der Waals surface area contributed by atoms with Crippen LogP contribution < -0.4 is 0 Å². The Morgan fingerprint density at radius 3 is 2.14 bits per heavy atom. The van der Waals surface area contributed by atoms with Gasteiger partial charge in [-0.1, -0.05) is 0 Å². The van der Waals surface area contributed by atoms with E-state index in [-0.39, 0.29) is 5.48 Å². The van der Waals surface area contributed by atoms with Crippen molar-refractivity contribution in [1.29, 1.82) is 0 Å². The first-order chi connectivity index (χ1) is 2.91. The van der Waals surface area contributed by atoms with Gasteiger partial charge in [0.05, 0.1) is 13.2 Å². The van der Waals surface area contributed by atoms with Crippen LogP contribution in [-0.4, -0.2) is 36.3 Å². The highest BCUT2D eigenvalue weighted by atomic mass is 28.2. The fourth-order valence-corrected chi connectivity index (χ4v) is 0.333. The molecule has 0 saturated carbocycles. The average molecular weight is 124 g/mol. The second kappa shape index (κ2) is 9.44. The first kappa shape index (κ1) is 10.2. The quantitative estimate of drug-likeness (QED) is 0.326. The van der Waals surface area contributed by atoms with Gasteiger partial charge in [0.2, 0.25) is 0 Å². The van der Waals surface area contributed by atoms with E-state index in [2.05, 4.69) is 4.74 Å². The van der Waals surface area contributed by atoms with Gasteiger partial charge in [-0.25, -0.2) is 0 Å². The molecule has 0 aliphatic heterocycles. The van der Waals surface area contributed by atoms with Crippen molar-refractivity contribution < 1.29 is 14.6 Å². The molecule has 0 aromatic rings. The van der Waals surface area contributed by atoms with Gasteiger partial charge in [-0.05, 0) is 0 Å². The van der Waals surface area contributed by atoms with Crippen LogP contribution in [0.1, 0.15) is 0 Å². The third-order valence-corrected chi connectivity index (χ3v) is 0.900. The molecule has 0 aromatic heterocycles. The van der Waals surface area contributed by atoms with Gasteiger partial charge in [-0.2, -0.15) is 0 Å². The lowest BCUT2D eigenvalue weighted by Crippen LogP contribution is -1.97. The summed E-state index contributed by atoms with van der Waals surface area (Å²) in [7, 11) is 2.49. The van der Waals surface area contributed by atoms with Gasteiger partial charge in [-0.15, -0.1) is 0 Å². The predicted molar refractivity (Wildman–Crippen MR) is 31.4 cm³/mol. The summed E-state index contributed by atoms with van der Waals surface area (Å²) in [6, 6.07) is 0. The summed E-state index contributed by atoms with van der Waals surface area (Å²) in [6.45, 7) is 1.48. The first-order valence-corrected chi connectivity index (χ1v) is 2.71. The zero-order chi connectivity index (χ0) is 4.83. The molecule has 4 heteroatoms. The van der Waals surface area contributed by atoms with Crippen molar-refractivity contribution >= 4 is 10.5 Å². The van der Waals surface area contributed by atoms with Crippen molar-refractivity contribution in [3.05, 3.63) is 0 Å². The summed E-state index contributed by atoms with van der Waals surface area (Å²) < 4.78 is 9.48. The van der Waals surface area contributed by atoms with Crippen molar-refractivity contribution in [1.82, 2.24) is 0 Å². The lowest BCUT2D eigenvalue weighted by atomic mass is 10.8. The van der Waals surface area contributed by atoms with Gasteiger partial charge < -0.3 is 14.6 Å². The predicted octanol–water partition coefficient (Wildman–Crippen LogP) is -1.89. The van der Waals surface area contributed by atoms with Crippen molar-refractivity contribution in [3.63, 3.8) is 0 Å². The van der Waals surface area contributed by atoms with E-state index in [1.54, 1.807) is 7.11 Å². The van der Waals surface area contributed by atoms with E-state index in [0.717, 1.165) is 23.7 Å². The fraction of sp³-hybridized carbons (Fsp3) is 1.00. The minimum Gasteiger partial charge on any atom is -0.426 e. The number of ether oxygens (including phenoxy) is 1. The Morgan fingerprint density at radius 1 is 1.43 bits per heavy atom. The molecule has 0 unspecified atom stereocenters. The molecule has 7 heavy (non-hydrogen) atoms. The van der Waals surface area contributed by atoms with E-state index in [9.17, 15) is 0 Å². The van der Waals surface area contributed by atoms with Crippen LogP contribution in [0.5, 0.6) is 0 Å². The molecule has 2 N–H and O–H groups in total. The molecule has 0 aliphatic rings. The van der Waals surface area contributed by atoms with E-state index >= 15 is 0 Å². The Morgan fingerprint density at radius 2 is 2.00 bits per heavy atom. The molecule has 0 fully saturated rings. The summed E-state index contributed by atoms with van der Waals surface area (Å²) in [5.74, 6) is 0. The largest absolute Gasteiger partial charge is 0.426 e. The smallest absolute Gasteiger partial charge is 0.146 e. The van der Waals surface area contributed by atoms with Gasteiger partial charge >= 0.3 is 0 Å².